The number of benzene rings is 1. The van der Waals surface area contributed by atoms with Gasteiger partial charge in [0.05, 0.1) is 12.7 Å². The van der Waals surface area contributed by atoms with Crippen LogP contribution in [0.4, 0.5) is 0 Å². The molecule has 4 heteroatoms. The first-order valence-electron chi connectivity index (χ1n) is 6.69. The molecular weight excluding hydrogens is 272 g/mol. The van der Waals surface area contributed by atoms with Crippen molar-refractivity contribution in [2.75, 3.05) is 7.11 Å². The van der Waals surface area contributed by atoms with E-state index >= 15 is 0 Å². The quantitative estimate of drug-likeness (QED) is 0.879. The molecule has 1 aromatic heterocycles. The third kappa shape index (κ3) is 1.96. The Morgan fingerprint density at radius 2 is 2.15 bits per heavy atom. The zero-order valence-corrected chi connectivity index (χ0v) is 12.3. The van der Waals surface area contributed by atoms with Crippen molar-refractivity contribution in [3.8, 4) is 10.4 Å². The van der Waals surface area contributed by atoms with Gasteiger partial charge < -0.3 is 9.84 Å². The fraction of sp³-hybridized carbons (Fsp3) is 0.312. The lowest BCUT2D eigenvalue weighted by molar-refractivity contribution is 0.0600. The largest absolute Gasteiger partial charge is 0.465 e. The average molecular weight is 288 g/mol. The predicted octanol–water partition coefficient (Wildman–Crippen LogP) is 3.55. The molecule has 1 unspecified atom stereocenters. The predicted molar refractivity (Wildman–Crippen MR) is 79.2 cm³/mol. The highest BCUT2D eigenvalue weighted by atomic mass is 32.1. The monoisotopic (exact) mass is 288 g/mol. The van der Waals surface area contributed by atoms with Gasteiger partial charge in [-0.05, 0) is 35.7 Å². The van der Waals surface area contributed by atoms with Crippen molar-refractivity contribution < 1.29 is 14.6 Å². The molecule has 0 saturated carbocycles. The molecule has 1 atom stereocenters. The molecule has 1 aliphatic carbocycles. The van der Waals surface area contributed by atoms with Gasteiger partial charge in [0, 0.05) is 15.3 Å². The Morgan fingerprint density at radius 3 is 2.85 bits per heavy atom. The first-order valence-corrected chi connectivity index (χ1v) is 7.50. The normalized spacial score (nSPS) is 15.8. The van der Waals surface area contributed by atoms with E-state index in [9.17, 15) is 9.90 Å². The van der Waals surface area contributed by atoms with E-state index in [0.29, 0.717) is 5.56 Å². The summed E-state index contributed by atoms with van der Waals surface area (Å²) in [5.74, 6) is -0.373. The second-order valence-corrected chi connectivity index (χ2v) is 6.08. The van der Waals surface area contributed by atoms with Crippen LogP contribution in [0.2, 0.25) is 0 Å². The second kappa shape index (κ2) is 5.04. The molecule has 0 amide bonds. The van der Waals surface area contributed by atoms with Crippen molar-refractivity contribution in [2.45, 2.75) is 25.9 Å². The van der Waals surface area contributed by atoms with Crippen LogP contribution in [0.15, 0.2) is 24.3 Å². The van der Waals surface area contributed by atoms with E-state index in [2.05, 4.69) is 13.0 Å². The highest BCUT2D eigenvalue weighted by Crippen LogP contribution is 2.48. The number of esters is 1. The van der Waals surface area contributed by atoms with E-state index in [1.54, 1.807) is 23.5 Å². The number of methoxy groups -OCH3 is 1. The Morgan fingerprint density at radius 1 is 1.35 bits per heavy atom. The van der Waals surface area contributed by atoms with Gasteiger partial charge in [-0.2, -0.15) is 0 Å². The number of hydrogen-bond acceptors (Lipinski definition) is 4. The first-order chi connectivity index (χ1) is 9.65. The minimum absolute atomic E-state index is 0.373. The van der Waals surface area contributed by atoms with Gasteiger partial charge >= 0.3 is 5.97 Å². The smallest absolute Gasteiger partial charge is 0.337 e. The Bertz CT molecular complexity index is 672. The molecular formula is C16H16O3S. The summed E-state index contributed by atoms with van der Waals surface area (Å²) in [4.78, 5) is 14.0. The second-order valence-electron chi connectivity index (χ2n) is 4.94. The molecule has 1 aliphatic rings. The summed E-state index contributed by atoms with van der Waals surface area (Å²) >= 11 is 1.74. The van der Waals surface area contributed by atoms with E-state index in [-0.39, 0.29) is 5.97 Å². The number of hydrogen-bond donors (Lipinski definition) is 1. The first kappa shape index (κ1) is 13.3. The maximum atomic E-state index is 11.6. The Kier molecular flexibility index (Phi) is 3.36. The Hall–Kier alpha value is -1.65. The number of aryl methyl sites for hydroxylation is 1. The third-order valence-electron chi connectivity index (χ3n) is 3.61. The van der Waals surface area contributed by atoms with E-state index in [1.807, 2.05) is 6.07 Å². The highest BCUT2D eigenvalue weighted by molar-refractivity contribution is 7.15. The molecule has 1 heterocycles. The van der Waals surface area contributed by atoms with Crippen LogP contribution in [0, 0.1) is 0 Å². The Labute approximate surface area is 121 Å². The number of thiophene rings is 1. The maximum Gasteiger partial charge on any atom is 0.337 e. The fourth-order valence-electron chi connectivity index (χ4n) is 2.65. The standard InChI is InChI=1S/C16H16O3S/c1-3-4-10-8-13-14(17)12-7-9(16(18)19-2)5-6-11(12)15(13)20-10/h5-8,14,17H,3-4H2,1-2H3. The summed E-state index contributed by atoms with van der Waals surface area (Å²) < 4.78 is 4.72. The number of carbonyl (C=O) groups is 1. The lowest BCUT2D eigenvalue weighted by Gasteiger charge is -2.07. The van der Waals surface area contributed by atoms with Gasteiger partial charge in [-0.15, -0.1) is 11.3 Å². The van der Waals surface area contributed by atoms with Crippen molar-refractivity contribution in [2.24, 2.45) is 0 Å². The van der Waals surface area contributed by atoms with Crippen LogP contribution in [-0.2, 0) is 11.2 Å². The SMILES string of the molecule is CCCc1cc2c(s1)-c1ccc(C(=O)OC)cc1C2O. The lowest BCUT2D eigenvalue weighted by atomic mass is 10.0. The summed E-state index contributed by atoms with van der Waals surface area (Å²) in [6, 6.07) is 7.48. The van der Waals surface area contributed by atoms with Crippen LogP contribution in [0.3, 0.4) is 0 Å². The molecule has 104 valence electrons. The van der Waals surface area contributed by atoms with Crippen LogP contribution in [0.25, 0.3) is 10.4 Å². The van der Waals surface area contributed by atoms with E-state index < -0.39 is 6.10 Å². The zero-order chi connectivity index (χ0) is 14.3. The van der Waals surface area contributed by atoms with E-state index in [1.165, 1.54) is 12.0 Å². The highest BCUT2D eigenvalue weighted by Gasteiger charge is 2.30. The zero-order valence-electron chi connectivity index (χ0n) is 11.5. The summed E-state index contributed by atoms with van der Waals surface area (Å²) in [7, 11) is 1.36. The molecule has 0 radical (unpaired) electrons. The van der Waals surface area contributed by atoms with Gasteiger partial charge in [-0.25, -0.2) is 4.79 Å². The van der Waals surface area contributed by atoms with Crippen LogP contribution in [0.5, 0.6) is 0 Å². The summed E-state index contributed by atoms with van der Waals surface area (Å²) in [5, 5.41) is 10.4. The van der Waals surface area contributed by atoms with Crippen molar-refractivity contribution in [3.05, 3.63) is 45.8 Å². The van der Waals surface area contributed by atoms with Crippen molar-refractivity contribution in [1.82, 2.24) is 0 Å². The van der Waals surface area contributed by atoms with Gasteiger partial charge in [-0.1, -0.05) is 19.4 Å². The average Bonchev–Trinajstić information content (AvgIpc) is 2.98. The summed E-state index contributed by atoms with van der Waals surface area (Å²) in [6.07, 6.45) is 1.51. The number of aliphatic hydroxyl groups is 1. The molecule has 2 aromatic rings. The van der Waals surface area contributed by atoms with Gasteiger partial charge in [0.2, 0.25) is 0 Å². The minimum atomic E-state index is -0.633. The molecule has 3 nitrogen and oxygen atoms in total. The van der Waals surface area contributed by atoms with Crippen molar-refractivity contribution in [3.63, 3.8) is 0 Å². The summed E-state index contributed by atoms with van der Waals surface area (Å²) in [6.45, 7) is 2.15. The molecule has 20 heavy (non-hydrogen) atoms. The molecule has 1 N–H and O–H groups in total. The van der Waals surface area contributed by atoms with Crippen LogP contribution in [0.1, 0.15) is 45.8 Å². The van der Waals surface area contributed by atoms with Crippen LogP contribution < -0.4 is 0 Å². The fourth-order valence-corrected chi connectivity index (χ4v) is 3.99. The van der Waals surface area contributed by atoms with Crippen LogP contribution in [-0.4, -0.2) is 18.2 Å². The molecule has 0 bridgehead atoms. The number of rotatable bonds is 3. The maximum absolute atomic E-state index is 11.6. The lowest BCUT2D eigenvalue weighted by Crippen LogP contribution is -2.03. The van der Waals surface area contributed by atoms with Gasteiger partial charge in [0.15, 0.2) is 0 Å². The third-order valence-corrected chi connectivity index (χ3v) is 4.86. The molecule has 0 spiro atoms. The van der Waals surface area contributed by atoms with Gasteiger partial charge in [0.1, 0.15) is 6.10 Å². The number of ether oxygens (including phenoxy) is 1. The number of carbonyl (C=O) groups excluding carboxylic acids is 1. The van der Waals surface area contributed by atoms with Crippen molar-refractivity contribution in [1.29, 1.82) is 0 Å². The van der Waals surface area contributed by atoms with E-state index in [0.717, 1.165) is 34.4 Å². The van der Waals surface area contributed by atoms with Crippen molar-refractivity contribution >= 4 is 17.3 Å². The Balaban J connectivity index is 2.05. The number of aliphatic hydroxyl groups excluding tert-OH is 1. The topological polar surface area (TPSA) is 46.5 Å². The number of fused-ring (bicyclic) bond motifs is 3. The molecule has 0 fully saturated rings. The van der Waals surface area contributed by atoms with Gasteiger partial charge in [0.25, 0.3) is 0 Å². The van der Waals surface area contributed by atoms with Gasteiger partial charge in [-0.3, -0.25) is 0 Å². The molecule has 0 aliphatic heterocycles. The van der Waals surface area contributed by atoms with Crippen LogP contribution >= 0.6 is 11.3 Å². The summed E-state index contributed by atoms with van der Waals surface area (Å²) in [5.41, 5.74) is 3.29. The molecule has 1 aromatic carbocycles. The molecule has 3 rings (SSSR count). The molecule has 0 saturated heterocycles. The minimum Gasteiger partial charge on any atom is -0.465 e. The van der Waals surface area contributed by atoms with E-state index in [4.69, 9.17) is 4.74 Å².